The molecule has 0 saturated carbocycles. The molecular formula is C18H22ClN4O2+. The van der Waals surface area contributed by atoms with Gasteiger partial charge in [-0.1, -0.05) is 12.1 Å². The van der Waals surface area contributed by atoms with Gasteiger partial charge in [0.15, 0.2) is 6.20 Å². The summed E-state index contributed by atoms with van der Waals surface area (Å²) in [5.74, 6) is -0.600. The number of carbonyl (C=O) groups excluding carboxylic acids is 1. The zero-order valence-corrected chi connectivity index (χ0v) is 15.3. The van der Waals surface area contributed by atoms with Crippen molar-refractivity contribution in [2.75, 3.05) is 39.2 Å². The fourth-order valence-electron chi connectivity index (χ4n) is 2.19. The second-order valence-electron chi connectivity index (χ2n) is 5.97. The topological polar surface area (TPSA) is 67.3 Å². The molecule has 1 aliphatic rings. The summed E-state index contributed by atoms with van der Waals surface area (Å²) in [6.07, 6.45) is 7.23. The number of hydrogen-bond donors (Lipinski definition) is 1. The lowest BCUT2D eigenvalue weighted by Gasteiger charge is -2.17. The molecule has 1 unspecified atom stereocenters. The average Bonchev–Trinajstić information content (AvgIpc) is 2.99. The molecule has 1 aliphatic heterocycles. The van der Waals surface area contributed by atoms with Crippen molar-refractivity contribution in [3.05, 3.63) is 47.8 Å². The quantitative estimate of drug-likeness (QED) is 0.258. The van der Waals surface area contributed by atoms with E-state index in [9.17, 15) is 10.1 Å². The first-order valence-electron chi connectivity index (χ1n) is 7.63. The molecule has 132 valence electrons. The molecule has 25 heavy (non-hydrogen) atoms. The maximum atomic E-state index is 12.1. The number of nitrogens with zero attached hydrogens (tertiary/aromatic N) is 3. The Morgan fingerprint density at radius 3 is 2.56 bits per heavy atom. The molecule has 0 bridgehead atoms. The van der Waals surface area contributed by atoms with Gasteiger partial charge in [0.25, 0.3) is 0 Å². The number of ether oxygens (including phenoxy) is 1. The standard InChI is InChI=1S/C18H21N4O2.ClH/c1-21(2)17-6-4-15(5-7-17)12-16(13-19)18(23)24-11-10-22(3)9-8-20-14-22;/h4-9,12,14H,10-11H2,1-3H3;1H/q+1;/b16-12+;. The van der Waals surface area contributed by atoms with E-state index in [1.54, 1.807) is 6.08 Å². The summed E-state index contributed by atoms with van der Waals surface area (Å²) >= 11 is 0. The number of esters is 1. The molecule has 1 heterocycles. The molecule has 0 amide bonds. The number of halogens is 1. The lowest BCUT2D eigenvalue weighted by atomic mass is 10.1. The molecule has 1 N–H and O–H groups in total. The maximum absolute atomic E-state index is 12.1. The molecular weight excluding hydrogens is 340 g/mol. The highest BCUT2D eigenvalue weighted by molar-refractivity contribution is 5.97. The molecule has 1 aromatic carbocycles. The molecule has 0 saturated heterocycles. The van der Waals surface area contributed by atoms with Crippen LogP contribution in [0.1, 0.15) is 5.56 Å². The number of benzene rings is 1. The van der Waals surface area contributed by atoms with Crippen LogP contribution < -0.4 is 22.3 Å². The average molecular weight is 362 g/mol. The van der Waals surface area contributed by atoms with E-state index in [1.807, 2.05) is 75.1 Å². The van der Waals surface area contributed by atoms with Crippen LogP contribution in [0, 0.1) is 11.3 Å². The summed E-state index contributed by atoms with van der Waals surface area (Å²) < 4.78 is 5.75. The van der Waals surface area contributed by atoms with E-state index in [0.29, 0.717) is 11.0 Å². The van der Waals surface area contributed by atoms with Crippen LogP contribution in [0.3, 0.4) is 0 Å². The van der Waals surface area contributed by atoms with Crippen molar-refractivity contribution in [1.82, 2.24) is 0 Å². The third-order valence-corrected chi connectivity index (χ3v) is 3.75. The van der Waals surface area contributed by atoms with Crippen LogP contribution in [0.2, 0.25) is 0 Å². The fourth-order valence-corrected chi connectivity index (χ4v) is 2.19. The SMILES string of the molecule is CN(C)c1ccc(/C=C(\C#N)C(=O)OCC[N+]2(C)C=C[NH+]=C2)cc1.[Cl-]. The monoisotopic (exact) mass is 361 g/mol. The van der Waals surface area contributed by atoms with Gasteiger partial charge in [-0.25, -0.2) is 9.28 Å². The maximum Gasteiger partial charge on any atom is 0.349 e. The van der Waals surface area contributed by atoms with Crippen molar-refractivity contribution in [3.63, 3.8) is 0 Å². The van der Waals surface area contributed by atoms with Crippen LogP contribution in [-0.4, -0.2) is 51.1 Å². The van der Waals surface area contributed by atoms with E-state index >= 15 is 0 Å². The van der Waals surface area contributed by atoms with Gasteiger partial charge in [-0.3, -0.25) is 0 Å². The normalized spacial score (nSPS) is 18.4. The Balaban J connectivity index is 0.00000312. The van der Waals surface area contributed by atoms with Crippen molar-refractivity contribution in [3.8, 4) is 6.07 Å². The van der Waals surface area contributed by atoms with Crippen LogP contribution in [0.4, 0.5) is 5.69 Å². The summed E-state index contributed by atoms with van der Waals surface area (Å²) in [6, 6.07) is 9.50. The third kappa shape index (κ3) is 5.75. The lowest BCUT2D eigenvalue weighted by Crippen LogP contribution is -3.00. The van der Waals surface area contributed by atoms with Gasteiger partial charge in [-0.2, -0.15) is 10.3 Å². The van der Waals surface area contributed by atoms with Gasteiger partial charge in [-0.05, 0) is 23.8 Å². The van der Waals surface area contributed by atoms with Crippen molar-refractivity contribution < 1.29 is 31.4 Å². The van der Waals surface area contributed by atoms with Gasteiger partial charge in [0.1, 0.15) is 24.8 Å². The Kier molecular flexibility index (Phi) is 7.37. The van der Waals surface area contributed by atoms with Crippen molar-refractivity contribution in [1.29, 1.82) is 5.26 Å². The largest absolute Gasteiger partial charge is 1.00 e. The van der Waals surface area contributed by atoms with Crippen LogP contribution in [0.25, 0.3) is 6.08 Å². The van der Waals surface area contributed by atoms with Crippen LogP contribution in [0.5, 0.6) is 0 Å². The molecule has 2 rings (SSSR count). The minimum atomic E-state index is -0.600. The van der Waals surface area contributed by atoms with E-state index < -0.39 is 5.97 Å². The second-order valence-corrected chi connectivity index (χ2v) is 5.97. The molecule has 0 spiro atoms. The first-order chi connectivity index (χ1) is 11.4. The van der Waals surface area contributed by atoms with E-state index in [0.717, 1.165) is 11.3 Å². The summed E-state index contributed by atoms with van der Waals surface area (Å²) in [4.78, 5) is 17.0. The Bertz CT molecular complexity index is 718. The summed E-state index contributed by atoms with van der Waals surface area (Å²) in [6.45, 7) is 0.835. The number of anilines is 1. The highest BCUT2D eigenvalue weighted by Crippen LogP contribution is 2.15. The van der Waals surface area contributed by atoms with E-state index in [4.69, 9.17) is 4.74 Å². The Morgan fingerprint density at radius 2 is 2.04 bits per heavy atom. The molecule has 0 aliphatic carbocycles. The number of rotatable bonds is 6. The van der Waals surface area contributed by atoms with E-state index in [-0.39, 0.29) is 24.6 Å². The van der Waals surface area contributed by atoms with Gasteiger partial charge in [0, 0.05) is 19.8 Å². The van der Waals surface area contributed by atoms with E-state index in [2.05, 4.69) is 4.99 Å². The summed E-state index contributed by atoms with van der Waals surface area (Å²) in [5, 5.41) is 9.20. The zero-order valence-electron chi connectivity index (χ0n) is 14.6. The van der Waals surface area contributed by atoms with Gasteiger partial charge in [-0.15, -0.1) is 0 Å². The van der Waals surface area contributed by atoms with Gasteiger partial charge in [0.05, 0.1) is 7.05 Å². The fraction of sp³-hybridized carbons (Fsp3) is 0.278. The van der Waals surface area contributed by atoms with Gasteiger partial charge in [0.2, 0.25) is 6.20 Å². The molecule has 7 heteroatoms. The first kappa shape index (κ1) is 20.4. The Morgan fingerprint density at radius 1 is 1.36 bits per heavy atom. The Hall–Kier alpha value is -2.62. The summed E-state index contributed by atoms with van der Waals surface area (Å²) in [5.41, 5.74) is 1.83. The molecule has 1 aromatic rings. The number of hydrogen-bond acceptors (Lipinski definition) is 4. The number of likely N-dealkylation sites (N-methyl/N-ethyl adjacent to an activating group) is 1. The van der Waals surface area contributed by atoms with Crippen LogP contribution >= 0.6 is 0 Å². The zero-order chi connectivity index (χ0) is 17.6. The molecule has 0 fully saturated rings. The van der Waals surface area contributed by atoms with Gasteiger partial charge < -0.3 is 22.0 Å². The molecule has 6 nitrogen and oxygen atoms in total. The third-order valence-electron chi connectivity index (χ3n) is 3.75. The van der Waals surface area contributed by atoms with E-state index in [1.165, 1.54) is 0 Å². The minimum absolute atomic E-state index is 0. The first-order valence-corrected chi connectivity index (χ1v) is 7.63. The highest BCUT2D eigenvalue weighted by atomic mass is 35.5. The predicted molar refractivity (Wildman–Crippen MR) is 92.5 cm³/mol. The molecule has 0 radical (unpaired) electrons. The number of nitrogens with one attached hydrogen (secondary N) is 1. The summed E-state index contributed by atoms with van der Waals surface area (Å²) in [7, 11) is 5.89. The second kappa shape index (κ2) is 9.02. The van der Waals surface area contributed by atoms with Crippen LogP contribution in [-0.2, 0) is 9.53 Å². The smallest absolute Gasteiger partial charge is 0.349 e. The Labute approximate surface area is 154 Å². The van der Waals surface area contributed by atoms with Crippen molar-refractivity contribution >= 4 is 24.1 Å². The van der Waals surface area contributed by atoms with Gasteiger partial charge >= 0.3 is 12.3 Å². The van der Waals surface area contributed by atoms with Crippen molar-refractivity contribution in [2.24, 2.45) is 0 Å². The molecule has 0 aromatic heterocycles. The highest BCUT2D eigenvalue weighted by Gasteiger charge is 2.24. The molecule has 1 atom stereocenters. The number of carbonyl (C=O) groups is 1. The van der Waals surface area contributed by atoms with Crippen LogP contribution in [0.15, 0.2) is 42.2 Å². The van der Waals surface area contributed by atoms with Crippen molar-refractivity contribution in [2.45, 2.75) is 0 Å². The predicted octanol–water partition coefficient (Wildman–Crippen LogP) is -2.75. The number of nitriles is 1. The minimum Gasteiger partial charge on any atom is -1.00 e. The number of quaternary nitrogens is 1. The lowest BCUT2D eigenvalue weighted by molar-refractivity contribution is -0.767.